The number of likely N-dealkylation sites (N-methyl/N-ethyl adjacent to an activating group) is 1. The minimum atomic E-state index is -0.785. The number of aromatic nitrogens is 4. The highest BCUT2D eigenvalue weighted by atomic mass is 19.1. The van der Waals surface area contributed by atoms with Gasteiger partial charge in [0, 0.05) is 61.1 Å². The monoisotopic (exact) mass is 567 g/mol. The number of nitrogens with two attached hydrogens (primary N) is 1. The fourth-order valence-electron chi connectivity index (χ4n) is 4.82. The van der Waals surface area contributed by atoms with Gasteiger partial charge < -0.3 is 25.3 Å². The molecule has 0 bridgehead atoms. The Morgan fingerprint density at radius 1 is 1.14 bits per heavy atom. The molecule has 0 radical (unpaired) electrons. The summed E-state index contributed by atoms with van der Waals surface area (Å²) < 4.78 is 23.7. The van der Waals surface area contributed by atoms with Crippen molar-refractivity contribution in [3.63, 3.8) is 0 Å². The van der Waals surface area contributed by atoms with Crippen molar-refractivity contribution >= 4 is 28.2 Å². The van der Waals surface area contributed by atoms with Crippen LogP contribution in [0.25, 0.3) is 22.0 Å². The molecule has 1 unspecified atom stereocenters. The van der Waals surface area contributed by atoms with E-state index in [0.717, 1.165) is 21.9 Å². The van der Waals surface area contributed by atoms with Gasteiger partial charge in [-0.25, -0.2) is 14.4 Å². The van der Waals surface area contributed by atoms with E-state index in [-0.39, 0.29) is 18.2 Å². The standard InChI is InChI=1S/C32H34FN7O2/c1-5-20-14-25(29(33)27(15-20)42-6-2)30(37-23-9-10-24-21(16-23)11-13-36-31(24)34)32-38-26(22-8-7-12-35-17-22)18-40(32)19-28(41)39(3)4/h7-18,30,37H,5-6,19H2,1-4H3,(H2,34,36). The molecule has 9 nitrogen and oxygen atoms in total. The van der Waals surface area contributed by atoms with E-state index < -0.39 is 11.9 Å². The maximum Gasteiger partial charge on any atom is 0.242 e. The van der Waals surface area contributed by atoms with Gasteiger partial charge in [-0.2, -0.15) is 0 Å². The molecular formula is C32H34FN7O2. The number of benzene rings is 2. The molecular weight excluding hydrogens is 533 g/mol. The number of nitrogens with zero attached hydrogens (tertiary/aromatic N) is 5. The number of rotatable bonds is 10. The van der Waals surface area contributed by atoms with Crippen molar-refractivity contribution in [2.45, 2.75) is 32.9 Å². The average Bonchev–Trinajstić information content (AvgIpc) is 3.41. The molecule has 0 saturated heterocycles. The second kappa shape index (κ2) is 12.3. The van der Waals surface area contributed by atoms with Crippen LogP contribution in [0.4, 0.5) is 15.9 Å². The summed E-state index contributed by atoms with van der Waals surface area (Å²) in [5, 5.41) is 5.21. The summed E-state index contributed by atoms with van der Waals surface area (Å²) in [4.78, 5) is 27.8. The molecule has 2 aromatic carbocycles. The molecule has 0 aliphatic heterocycles. The lowest BCUT2D eigenvalue weighted by Gasteiger charge is -2.24. The molecule has 10 heteroatoms. The number of carbonyl (C=O) groups is 1. The predicted octanol–water partition coefficient (Wildman–Crippen LogP) is 5.47. The number of fused-ring (bicyclic) bond motifs is 1. The Bertz CT molecular complexity index is 1720. The van der Waals surface area contributed by atoms with Crippen LogP contribution in [0, 0.1) is 5.82 Å². The number of ether oxygens (including phenoxy) is 1. The molecule has 3 aromatic heterocycles. The lowest BCUT2D eigenvalue weighted by molar-refractivity contribution is -0.129. The summed E-state index contributed by atoms with van der Waals surface area (Å²) in [6.07, 6.45) is 7.53. The van der Waals surface area contributed by atoms with Gasteiger partial charge in [0.05, 0.1) is 12.3 Å². The number of aryl methyl sites for hydroxylation is 1. The molecule has 0 aliphatic carbocycles. The molecule has 42 heavy (non-hydrogen) atoms. The van der Waals surface area contributed by atoms with E-state index >= 15 is 4.39 Å². The van der Waals surface area contributed by atoms with Gasteiger partial charge in [-0.1, -0.05) is 13.0 Å². The summed E-state index contributed by atoms with van der Waals surface area (Å²) in [5.74, 6) is 0.449. The average molecular weight is 568 g/mol. The van der Waals surface area contributed by atoms with E-state index in [1.807, 2.05) is 56.3 Å². The molecule has 5 rings (SSSR count). The van der Waals surface area contributed by atoms with Crippen LogP contribution in [0.3, 0.4) is 0 Å². The van der Waals surface area contributed by atoms with Gasteiger partial charge in [0.2, 0.25) is 5.91 Å². The van der Waals surface area contributed by atoms with E-state index in [4.69, 9.17) is 15.5 Å². The van der Waals surface area contributed by atoms with Crippen molar-refractivity contribution in [3.05, 3.63) is 96.1 Å². The zero-order valence-corrected chi connectivity index (χ0v) is 24.1. The van der Waals surface area contributed by atoms with Gasteiger partial charge in [-0.15, -0.1) is 0 Å². The van der Waals surface area contributed by atoms with Crippen molar-refractivity contribution in [1.82, 2.24) is 24.4 Å². The predicted molar refractivity (Wildman–Crippen MR) is 163 cm³/mol. The molecule has 1 atom stereocenters. The Hall–Kier alpha value is -4.99. The number of carbonyl (C=O) groups excluding carboxylic acids is 1. The first-order chi connectivity index (χ1) is 20.3. The fraction of sp³-hybridized carbons (Fsp3) is 0.250. The topological polar surface area (TPSA) is 111 Å². The highest BCUT2D eigenvalue weighted by Crippen LogP contribution is 2.36. The molecule has 0 fully saturated rings. The second-order valence-electron chi connectivity index (χ2n) is 10.1. The number of amides is 1. The highest BCUT2D eigenvalue weighted by Gasteiger charge is 2.28. The summed E-state index contributed by atoms with van der Waals surface area (Å²) >= 11 is 0. The van der Waals surface area contributed by atoms with Crippen LogP contribution >= 0.6 is 0 Å². The molecule has 1 amide bonds. The van der Waals surface area contributed by atoms with Gasteiger partial charge in [0.15, 0.2) is 11.6 Å². The van der Waals surface area contributed by atoms with Crippen molar-refractivity contribution in [1.29, 1.82) is 0 Å². The zero-order chi connectivity index (χ0) is 29.8. The number of imidazole rings is 1. The lowest BCUT2D eigenvalue weighted by atomic mass is 9.99. The van der Waals surface area contributed by atoms with Crippen LogP contribution in [0.1, 0.15) is 36.8 Å². The fourth-order valence-corrected chi connectivity index (χ4v) is 4.82. The minimum Gasteiger partial charge on any atom is -0.491 e. The third-order valence-corrected chi connectivity index (χ3v) is 7.08. The summed E-state index contributed by atoms with van der Waals surface area (Å²) in [5.41, 5.74) is 9.46. The van der Waals surface area contributed by atoms with E-state index in [9.17, 15) is 4.79 Å². The number of hydrogen-bond donors (Lipinski definition) is 2. The number of nitrogens with one attached hydrogen (secondary N) is 1. The van der Waals surface area contributed by atoms with E-state index in [2.05, 4.69) is 15.3 Å². The number of hydrogen-bond acceptors (Lipinski definition) is 7. The van der Waals surface area contributed by atoms with E-state index in [1.165, 1.54) is 4.90 Å². The van der Waals surface area contributed by atoms with Crippen molar-refractivity contribution in [3.8, 4) is 17.0 Å². The van der Waals surface area contributed by atoms with Gasteiger partial charge in [-0.3, -0.25) is 9.78 Å². The lowest BCUT2D eigenvalue weighted by Crippen LogP contribution is -2.28. The number of pyridine rings is 2. The molecule has 3 heterocycles. The van der Waals surface area contributed by atoms with E-state index in [0.29, 0.717) is 41.6 Å². The maximum atomic E-state index is 16.3. The molecule has 3 N–H and O–H groups in total. The molecule has 0 spiro atoms. The quantitative estimate of drug-likeness (QED) is 0.230. The zero-order valence-electron chi connectivity index (χ0n) is 24.1. The molecule has 0 saturated carbocycles. The summed E-state index contributed by atoms with van der Waals surface area (Å²) in [6.45, 7) is 4.16. The Morgan fingerprint density at radius 3 is 2.69 bits per heavy atom. The van der Waals surface area contributed by atoms with Crippen LogP contribution in [-0.2, 0) is 17.8 Å². The Labute approximate surface area is 244 Å². The molecule has 216 valence electrons. The van der Waals surface area contributed by atoms with Crippen LogP contribution < -0.4 is 15.8 Å². The van der Waals surface area contributed by atoms with Crippen molar-refractivity contribution in [2.75, 3.05) is 31.8 Å². The third-order valence-electron chi connectivity index (χ3n) is 7.08. The van der Waals surface area contributed by atoms with Gasteiger partial charge in [0.25, 0.3) is 0 Å². The number of halogens is 1. The van der Waals surface area contributed by atoms with Crippen LogP contribution in [0.5, 0.6) is 5.75 Å². The third kappa shape index (κ3) is 5.88. The first kappa shape index (κ1) is 28.5. The largest absolute Gasteiger partial charge is 0.491 e. The second-order valence-corrected chi connectivity index (χ2v) is 10.1. The van der Waals surface area contributed by atoms with Gasteiger partial charge in [-0.05, 0) is 66.8 Å². The SMILES string of the molecule is CCOc1cc(CC)cc(C(Nc2ccc3c(N)nccc3c2)c2nc(-c3cccnc3)cn2CC(=O)N(C)C)c1F. The van der Waals surface area contributed by atoms with Crippen LogP contribution in [0.15, 0.2) is 73.3 Å². The summed E-state index contributed by atoms with van der Waals surface area (Å²) in [7, 11) is 3.40. The molecule has 5 aromatic rings. The van der Waals surface area contributed by atoms with E-state index in [1.54, 1.807) is 49.5 Å². The Balaban J connectivity index is 1.72. The van der Waals surface area contributed by atoms with Crippen LogP contribution in [0.2, 0.25) is 0 Å². The smallest absolute Gasteiger partial charge is 0.242 e. The number of nitrogen functional groups attached to an aromatic ring is 1. The maximum absolute atomic E-state index is 16.3. The van der Waals surface area contributed by atoms with Crippen LogP contribution in [-0.4, -0.2) is 51.0 Å². The minimum absolute atomic E-state index is 0.0150. The Kier molecular flexibility index (Phi) is 8.33. The summed E-state index contributed by atoms with van der Waals surface area (Å²) in [6, 6.07) is 14.1. The first-order valence-corrected chi connectivity index (χ1v) is 13.8. The van der Waals surface area contributed by atoms with Crippen molar-refractivity contribution in [2.24, 2.45) is 0 Å². The van der Waals surface area contributed by atoms with Crippen molar-refractivity contribution < 1.29 is 13.9 Å². The van der Waals surface area contributed by atoms with Gasteiger partial charge >= 0.3 is 0 Å². The Morgan fingerprint density at radius 2 is 1.98 bits per heavy atom. The number of anilines is 2. The molecule has 0 aliphatic rings. The highest BCUT2D eigenvalue weighted by molar-refractivity contribution is 5.93. The normalized spacial score (nSPS) is 11.8. The van der Waals surface area contributed by atoms with Gasteiger partial charge in [0.1, 0.15) is 24.2 Å². The first-order valence-electron chi connectivity index (χ1n) is 13.8.